The Morgan fingerprint density at radius 2 is 1.95 bits per heavy atom. The fourth-order valence-corrected chi connectivity index (χ4v) is 2.56. The molecule has 0 aromatic heterocycles. The van der Waals surface area contributed by atoms with E-state index >= 15 is 0 Å². The van der Waals surface area contributed by atoms with Crippen molar-refractivity contribution >= 4 is 5.69 Å². The molecule has 1 atom stereocenters. The number of hydrogen-bond acceptors (Lipinski definition) is 3. The molecule has 2 aromatic rings. The molecule has 0 radical (unpaired) electrons. The van der Waals surface area contributed by atoms with E-state index in [-0.39, 0.29) is 12.6 Å². The Morgan fingerprint density at radius 1 is 1.19 bits per heavy atom. The summed E-state index contributed by atoms with van der Waals surface area (Å²) in [5, 5.41) is 12.9. The molecular weight excluding hydrogens is 262 g/mol. The zero-order valence-corrected chi connectivity index (χ0v) is 13.1. The first-order chi connectivity index (χ1) is 10.1. The van der Waals surface area contributed by atoms with Crippen LogP contribution in [0.3, 0.4) is 0 Å². The largest absolute Gasteiger partial charge is 0.496 e. The van der Waals surface area contributed by atoms with Gasteiger partial charge in [-0.1, -0.05) is 18.2 Å². The number of aliphatic hydroxyl groups is 1. The summed E-state index contributed by atoms with van der Waals surface area (Å²) in [4.78, 5) is 0. The van der Waals surface area contributed by atoms with Gasteiger partial charge in [-0.25, -0.2) is 0 Å². The Bertz CT molecular complexity index is 623. The monoisotopic (exact) mass is 285 g/mol. The highest BCUT2D eigenvalue weighted by atomic mass is 16.5. The first kappa shape index (κ1) is 15.4. The van der Waals surface area contributed by atoms with Crippen molar-refractivity contribution in [3.8, 4) is 5.75 Å². The van der Waals surface area contributed by atoms with Gasteiger partial charge in [-0.3, -0.25) is 0 Å². The second kappa shape index (κ2) is 6.64. The van der Waals surface area contributed by atoms with E-state index in [9.17, 15) is 5.11 Å². The van der Waals surface area contributed by atoms with Crippen molar-refractivity contribution in [1.82, 2.24) is 0 Å². The molecule has 3 nitrogen and oxygen atoms in total. The lowest BCUT2D eigenvalue weighted by molar-refractivity contribution is 0.274. The number of anilines is 1. The molecule has 0 aliphatic carbocycles. The maximum absolute atomic E-state index is 9.40. The molecular formula is C18H23NO2. The molecule has 2 rings (SSSR count). The van der Waals surface area contributed by atoms with Crippen LogP contribution < -0.4 is 10.1 Å². The summed E-state index contributed by atoms with van der Waals surface area (Å²) in [6, 6.07) is 12.3. The predicted octanol–water partition coefficient (Wildman–Crippen LogP) is 3.98. The maximum atomic E-state index is 9.40. The highest BCUT2D eigenvalue weighted by Crippen LogP contribution is 2.27. The first-order valence-electron chi connectivity index (χ1n) is 7.17. The standard InChI is InChI=1S/C18H23NO2/c1-12-6-5-7-17(13(12)2)14(3)19-16-8-9-18(21-4)15(10-16)11-20/h5-10,14,19-20H,11H2,1-4H3. The van der Waals surface area contributed by atoms with Crippen LogP contribution in [0.1, 0.15) is 35.2 Å². The number of ether oxygens (including phenoxy) is 1. The Labute approximate surface area is 126 Å². The number of benzene rings is 2. The molecule has 0 amide bonds. The zero-order valence-electron chi connectivity index (χ0n) is 13.1. The minimum Gasteiger partial charge on any atom is -0.496 e. The summed E-state index contributed by atoms with van der Waals surface area (Å²) >= 11 is 0. The highest BCUT2D eigenvalue weighted by Gasteiger charge is 2.10. The van der Waals surface area contributed by atoms with Crippen LogP contribution in [0.15, 0.2) is 36.4 Å². The normalized spacial score (nSPS) is 12.0. The van der Waals surface area contributed by atoms with Crippen molar-refractivity contribution in [2.24, 2.45) is 0 Å². The predicted molar refractivity (Wildman–Crippen MR) is 86.9 cm³/mol. The van der Waals surface area contributed by atoms with Crippen LogP contribution in [0.2, 0.25) is 0 Å². The van der Waals surface area contributed by atoms with Crippen LogP contribution in [-0.4, -0.2) is 12.2 Å². The van der Waals surface area contributed by atoms with Gasteiger partial charge in [0.15, 0.2) is 0 Å². The summed E-state index contributed by atoms with van der Waals surface area (Å²) < 4.78 is 5.23. The fraction of sp³-hybridized carbons (Fsp3) is 0.333. The topological polar surface area (TPSA) is 41.5 Å². The molecule has 1 unspecified atom stereocenters. The second-order valence-corrected chi connectivity index (χ2v) is 5.34. The molecule has 2 aromatic carbocycles. The van der Waals surface area contributed by atoms with Crippen molar-refractivity contribution in [3.63, 3.8) is 0 Å². The van der Waals surface area contributed by atoms with Crippen LogP contribution in [0, 0.1) is 13.8 Å². The van der Waals surface area contributed by atoms with Gasteiger partial charge in [0, 0.05) is 17.3 Å². The first-order valence-corrected chi connectivity index (χ1v) is 7.17. The average Bonchev–Trinajstić information content (AvgIpc) is 2.49. The molecule has 0 fully saturated rings. The Hall–Kier alpha value is -2.00. The van der Waals surface area contributed by atoms with E-state index in [1.54, 1.807) is 7.11 Å². The molecule has 3 heteroatoms. The molecule has 112 valence electrons. The molecule has 0 saturated heterocycles. The maximum Gasteiger partial charge on any atom is 0.124 e. The third-order valence-electron chi connectivity index (χ3n) is 3.95. The quantitative estimate of drug-likeness (QED) is 0.873. The molecule has 2 N–H and O–H groups in total. The van der Waals surface area contributed by atoms with Crippen LogP contribution in [0.25, 0.3) is 0 Å². The number of aliphatic hydroxyl groups excluding tert-OH is 1. The van der Waals surface area contributed by atoms with Gasteiger partial charge in [0.05, 0.1) is 13.7 Å². The van der Waals surface area contributed by atoms with Crippen LogP contribution >= 0.6 is 0 Å². The molecule has 0 spiro atoms. The second-order valence-electron chi connectivity index (χ2n) is 5.34. The van der Waals surface area contributed by atoms with Crippen molar-refractivity contribution in [3.05, 3.63) is 58.7 Å². The van der Waals surface area contributed by atoms with E-state index in [4.69, 9.17) is 4.74 Å². The molecule has 0 aliphatic heterocycles. The Balaban J connectivity index is 2.23. The summed E-state index contributed by atoms with van der Waals surface area (Å²) in [5.74, 6) is 0.711. The smallest absolute Gasteiger partial charge is 0.124 e. The van der Waals surface area contributed by atoms with E-state index in [1.807, 2.05) is 18.2 Å². The van der Waals surface area contributed by atoms with Crippen LogP contribution in [0.5, 0.6) is 5.75 Å². The van der Waals surface area contributed by atoms with E-state index in [0.29, 0.717) is 5.75 Å². The van der Waals surface area contributed by atoms with Gasteiger partial charge in [0.2, 0.25) is 0 Å². The summed E-state index contributed by atoms with van der Waals surface area (Å²) in [5.41, 5.74) is 5.67. The van der Waals surface area contributed by atoms with Crippen molar-refractivity contribution in [2.45, 2.75) is 33.4 Å². The van der Waals surface area contributed by atoms with Gasteiger partial charge in [-0.15, -0.1) is 0 Å². The third-order valence-corrected chi connectivity index (χ3v) is 3.95. The third kappa shape index (κ3) is 3.37. The van der Waals surface area contributed by atoms with E-state index in [1.165, 1.54) is 16.7 Å². The van der Waals surface area contributed by atoms with Crippen molar-refractivity contribution in [2.75, 3.05) is 12.4 Å². The lowest BCUT2D eigenvalue weighted by Gasteiger charge is -2.20. The lowest BCUT2D eigenvalue weighted by atomic mass is 9.98. The average molecular weight is 285 g/mol. The van der Waals surface area contributed by atoms with Crippen LogP contribution in [0.4, 0.5) is 5.69 Å². The minimum atomic E-state index is -0.0312. The van der Waals surface area contributed by atoms with Gasteiger partial charge in [-0.2, -0.15) is 0 Å². The number of hydrogen-bond donors (Lipinski definition) is 2. The van der Waals surface area contributed by atoms with Gasteiger partial charge >= 0.3 is 0 Å². The number of aryl methyl sites for hydroxylation is 1. The number of methoxy groups -OCH3 is 1. The highest BCUT2D eigenvalue weighted by molar-refractivity contribution is 5.53. The summed E-state index contributed by atoms with van der Waals surface area (Å²) in [6.07, 6.45) is 0. The molecule has 0 bridgehead atoms. The summed E-state index contributed by atoms with van der Waals surface area (Å²) in [7, 11) is 1.61. The Morgan fingerprint density at radius 3 is 2.62 bits per heavy atom. The van der Waals surface area contributed by atoms with Crippen LogP contribution in [-0.2, 0) is 6.61 Å². The van der Waals surface area contributed by atoms with Gasteiger partial charge in [0.25, 0.3) is 0 Å². The fourth-order valence-electron chi connectivity index (χ4n) is 2.56. The number of rotatable bonds is 5. The lowest BCUT2D eigenvalue weighted by Crippen LogP contribution is -2.09. The zero-order chi connectivity index (χ0) is 15.4. The summed E-state index contributed by atoms with van der Waals surface area (Å²) in [6.45, 7) is 6.39. The SMILES string of the molecule is COc1ccc(NC(C)c2cccc(C)c2C)cc1CO. The van der Waals surface area contributed by atoms with E-state index in [0.717, 1.165) is 11.3 Å². The van der Waals surface area contributed by atoms with Crippen molar-refractivity contribution < 1.29 is 9.84 Å². The van der Waals surface area contributed by atoms with Gasteiger partial charge < -0.3 is 15.2 Å². The number of nitrogens with one attached hydrogen (secondary N) is 1. The molecule has 0 heterocycles. The van der Waals surface area contributed by atoms with Gasteiger partial charge in [-0.05, 0) is 55.7 Å². The van der Waals surface area contributed by atoms with Gasteiger partial charge in [0.1, 0.15) is 5.75 Å². The molecule has 21 heavy (non-hydrogen) atoms. The molecule has 0 aliphatic rings. The minimum absolute atomic E-state index is 0.0312. The Kier molecular flexibility index (Phi) is 4.86. The van der Waals surface area contributed by atoms with E-state index in [2.05, 4.69) is 44.3 Å². The van der Waals surface area contributed by atoms with Crippen molar-refractivity contribution in [1.29, 1.82) is 0 Å². The molecule has 0 saturated carbocycles. The van der Waals surface area contributed by atoms with E-state index < -0.39 is 0 Å².